The largest absolute Gasteiger partial charge is 0.444 e. The highest BCUT2D eigenvalue weighted by Gasteiger charge is 2.31. The minimum atomic E-state index is -0.515. The van der Waals surface area contributed by atoms with Crippen LogP contribution >= 0.6 is 0 Å². The number of carbonyl (C=O) groups excluding carboxylic acids is 4. The van der Waals surface area contributed by atoms with E-state index in [0.29, 0.717) is 37.3 Å². The molecular formula is C26H34N4O5. The summed E-state index contributed by atoms with van der Waals surface area (Å²) in [6, 6.07) is 5.03. The number of hydrogen-bond donors (Lipinski definition) is 1. The van der Waals surface area contributed by atoms with E-state index < -0.39 is 11.6 Å². The van der Waals surface area contributed by atoms with Crippen molar-refractivity contribution in [1.82, 2.24) is 10.2 Å². The van der Waals surface area contributed by atoms with Gasteiger partial charge >= 0.3 is 6.09 Å². The van der Waals surface area contributed by atoms with E-state index in [0.717, 1.165) is 18.4 Å². The predicted molar refractivity (Wildman–Crippen MR) is 133 cm³/mol. The molecule has 0 spiro atoms. The van der Waals surface area contributed by atoms with Gasteiger partial charge < -0.3 is 19.4 Å². The Bertz CT molecular complexity index is 1040. The molecule has 2 aliphatic rings. The van der Waals surface area contributed by atoms with Gasteiger partial charge in [-0.25, -0.2) is 4.79 Å². The maximum absolute atomic E-state index is 12.3. The van der Waals surface area contributed by atoms with Gasteiger partial charge in [-0.05, 0) is 58.2 Å². The Morgan fingerprint density at radius 2 is 1.83 bits per heavy atom. The molecule has 9 heteroatoms. The number of imide groups is 1. The molecule has 4 amide bonds. The van der Waals surface area contributed by atoms with Crippen molar-refractivity contribution in [2.24, 2.45) is 5.92 Å². The van der Waals surface area contributed by atoms with Crippen molar-refractivity contribution in [3.63, 3.8) is 0 Å². The first-order chi connectivity index (χ1) is 16.5. The van der Waals surface area contributed by atoms with E-state index in [1.807, 2.05) is 39.0 Å². The van der Waals surface area contributed by atoms with Crippen LogP contribution in [0.5, 0.6) is 0 Å². The summed E-state index contributed by atoms with van der Waals surface area (Å²) in [6.45, 7) is 6.76. The number of hydrogen-bond acceptors (Lipinski definition) is 6. The molecule has 1 unspecified atom stereocenters. The number of piperidine rings is 2. The summed E-state index contributed by atoms with van der Waals surface area (Å²) in [6.07, 6.45) is 2.64. The monoisotopic (exact) mass is 482 g/mol. The number of amides is 4. The molecule has 0 bridgehead atoms. The van der Waals surface area contributed by atoms with Crippen LogP contribution in [0.1, 0.15) is 52.0 Å². The Labute approximate surface area is 206 Å². The number of likely N-dealkylation sites (tertiary alicyclic amines) is 1. The number of benzene rings is 1. The van der Waals surface area contributed by atoms with Gasteiger partial charge in [-0.15, -0.1) is 0 Å². The zero-order chi connectivity index (χ0) is 25.8. The van der Waals surface area contributed by atoms with Crippen LogP contribution in [0.2, 0.25) is 0 Å². The minimum Gasteiger partial charge on any atom is -0.444 e. The van der Waals surface area contributed by atoms with Crippen molar-refractivity contribution in [3.05, 3.63) is 23.8 Å². The maximum atomic E-state index is 12.3. The first-order valence-corrected chi connectivity index (χ1v) is 11.9. The minimum absolute atomic E-state index is 0.159. The molecule has 2 aliphatic heterocycles. The van der Waals surface area contributed by atoms with Crippen LogP contribution in [0.25, 0.3) is 0 Å². The standard InChI is InChI=1S/C26H34N4O5/c1-26(2,3)35-25(34)30-14-12-18(13-15-30)6-7-19-8-9-20(22(16-19)28(4)17-31)29(5)21-10-11-23(32)27-24(21)33/h8-9,16-18,21H,10-15H2,1-5H3,(H,27,32,33). The molecule has 35 heavy (non-hydrogen) atoms. The third kappa shape index (κ3) is 6.75. The fraction of sp³-hybridized carbons (Fsp3) is 0.538. The average Bonchev–Trinajstić information content (AvgIpc) is 2.81. The first kappa shape index (κ1) is 26.1. The number of likely N-dealkylation sites (N-methyl/N-ethyl adjacent to an activating group) is 1. The highest BCUT2D eigenvalue weighted by atomic mass is 16.6. The van der Waals surface area contributed by atoms with Gasteiger partial charge in [-0.1, -0.05) is 11.8 Å². The van der Waals surface area contributed by atoms with Crippen LogP contribution in [-0.4, -0.2) is 68.0 Å². The summed E-state index contributed by atoms with van der Waals surface area (Å²) < 4.78 is 5.45. The summed E-state index contributed by atoms with van der Waals surface area (Å²) in [5.74, 6) is 6.06. The van der Waals surface area contributed by atoms with Gasteiger partial charge in [-0.2, -0.15) is 0 Å². The Hall–Kier alpha value is -3.54. The highest BCUT2D eigenvalue weighted by molar-refractivity contribution is 6.02. The molecule has 0 radical (unpaired) electrons. The van der Waals surface area contributed by atoms with Crippen LogP contribution in [0.4, 0.5) is 16.2 Å². The van der Waals surface area contributed by atoms with Gasteiger partial charge in [0.1, 0.15) is 11.6 Å². The summed E-state index contributed by atoms with van der Waals surface area (Å²) in [7, 11) is 3.43. The third-order valence-electron chi connectivity index (χ3n) is 6.14. The lowest BCUT2D eigenvalue weighted by Gasteiger charge is -2.33. The molecule has 188 valence electrons. The Morgan fingerprint density at radius 3 is 2.43 bits per heavy atom. The van der Waals surface area contributed by atoms with Gasteiger partial charge in [0.05, 0.1) is 11.4 Å². The zero-order valence-corrected chi connectivity index (χ0v) is 21.1. The second-order valence-electron chi connectivity index (χ2n) is 10.0. The summed E-state index contributed by atoms with van der Waals surface area (Å²) in [5, 5.41) is 2.37. The number of nitrogens with one attached hydrogen (secondary N) is 1. The summed E-state index contributed by atoms with van der Waals surface area (Å²) in [4.78, 5) is 52.6. The van der Waals surface area contributed by atoms with E-state index in [-0.39, 0.29) is 30.2 Å². The molecule has 2 fully saturated rings. The molecule has 1 atom stereocenters. The van der Waals surface area contributed by atoms with E-state index in [9.17, 15) is 19.2 Å². The Balaban J connectivity index is 1.71. The predicted octanol–water partition coefficient (Wildman–Crippen LogP) is 2.52. The molecular weight excluding hydrogens is 448 g/mol. The van der Waals surface area contributed by atoms with Crippen molar-refractivity contribution in [2.75, 3.05) is 37.0 Å². The third-order valence-corrected chi connectivity index (χ3v) is 6.14. The molecule has 0 aromatic heterocycles. The van der Waals surface area contributed by atoms with E-state index in [1.54, 1.807) is 23.9 Å². The summed E-state index contributed by atoms with van der Waals surface area (Å²) >= 11 is 0. The fourth-order valence-electron chi connectivity index (χ4n) is 4.18. The van der Waals surface area contributed by atoms with Gasteiger partial charge in [-0.3, -0.25) is 19.7 Å². The number of carbonyl (C=O) groups is 4. The lowest BCUT2D eigenvalue weighted by molar-refractivity contribution is -0.134. The van der Waals surface area contributed by atoms with Crippen molar-refractivity contribution in [3.8, 4) is 11.8 Å². The smallest absolute Gasteiger partial charge is 0.410 e. The van der Waals surface area contributed by atoms with Crippen LogP contribution in [0.3, 0.4) is 0 Å². The molecule has 3 rings (SSSR count). The number of rotatable bonds is 4. The topological polar surface area (TPSA) is 99.3 Å². The molecule has 2 heterocycles. The number of anilines is 2. The highest BCUT2D eigenvalue weighted by Crippen LogP contribution is 2.31. The average molecular weight is 483 g/mol. The molecule has 0 aliphatic carbocycles. The Kier molecular flexibility index (Phi) is 8.05. The molecule has 1 aromatic rings. The molecule has 9 nitrogen and oxygen atoms in total. The van der Waals surface area contributed by atoms with Crippen LogP contribution in [-0.2, 0) is 19.1 Å². The quantitative estimate of drug-likeness (QED) is 0.402. The lowest BCUT2D eigenvalue weighted by Crippen LogP contribution is -2.51. The fourth-order valence-corrected chi connectivity index (χ4v) is 4.18. The maximum Gasteiger partial charge on any atom is 0.410 e. The normalized spacial score (nSPS) is 18.8. The molecule has 1 aromatic carbocycles. The van der Waals surface area contributed by atoms with Gasteiger partial charge in [0.15, 0.2) is 0 Å². The van der Waals surface area contributed by atoms with Gasteiger partial charge in [0.2, 0.25) is 18.2 Å². The van der Waals surface area contributed by atoms with Crippen LogP contribution in [0.15, 0.2) is 18.2 Å². The van der Waals surface area contributed by atoms with Crippen LogP contribution < -0.4 is 15.1 Å². The first-order valence-electron chi connectivity index (χ1n) is 11.9. The van der Waals surface area contributed by atoms with Crippen molar-refractivity contribution in [2.45, 2.75) is 58.1 Å². The molecule has 2 saturated heterocycles. The SMILES string of the molecule is CN(C=O)c1cc(C#CC2CCN(C(=O)OC(C)(C)C)CC2)ccc1N(C)C1CCC(=O)NC1=O. The summed E-state index contributed by atoms with van der Waals surface area (Å²) in [5.41, 5.74) is 1.56. The lowest BCUT2D eigenvalue weighted by atomic mass is 9.97. The van der Waals surface area contributed by atoms with Crippen molar-refractivity contribution < 1.29 is 23.9 Å². The van der Waals surface area contributed by atoms with Crippen LogP contribution in [0, 0.1) is 17.8 Å². The number of nitrogens with zero attached hydrogens (tertiary/aromatic N) is 3. The van der Waals surface area contributed by atoms with E-state index in [1.165, 1.54) is 4.90 Å². The van der Waals surface area contributed by atoms with Crippen molar-refractivity contribution >= 4 is 35.7 Å². The van der Waals surface area contributed by atoms with E-state index in [2.05, 4.69) is 17.2 Å². The molecule has 1 N–H and O–H groups in total. The van der Waals surface area contributed by atoms with E-state index in [4.69, 9.17) is 4.74 Å². The Morgan fingerprint density at radius 1 is 1.14 bits per heavy atom. The van der Waals surface area contributed by atoms with Gasteiger partial charge in [0, 0.05) is 45.1 Å². The second kappa shape index (κ2) is 10.8. The second-order valence-corrected chi connectivity index (χ2v) is 10.0. The van der Waals surface area contributed by atoms with E-state index >= 15 is 0 Å². The van der Waals surface area contributed by atoms with Gasteiger partial charge in [0.25, 0.3) is 0 Å². The number of ether oxygens (including phenoxy) is 1. The molecule has 0 saturated carbocycles. The zero-order valence-electron chi connectivity index (χ0n) is 21.1. The van der Waals surface area contributed by atoms with Crippen molar-refractivity contribution in [1.29, 1.82) is 0 Å².